The molecule has 2 aromatic heterocycles. The summed E-state index contributed by atoms with van der Waals surface area (Å²) in [6, 6.07) is 16.9. The van der Waals surface area contributed by atoms with E-state index in [0.717, 1.165) is 27.0 Å². The van der Waals surface area contributed by atoms with Crippen LogP contribution in [0, 0.1) is 6.92 Å². The lowest BCUT2D eigenvalue weighted by atomic mass is 10.1. The van der Waals surface area contributed by atoms with E-state index in [2.05, 4.69) is 10.4 Å². The molecule has 32 heavy (non-hydrogen) atoms. The summed E-state index contributed by atoms with van der Waals surface area (Å²) < 4.78 is 1.92. The zero-order valence-corrected chi connectivity index (χ0v) is 19.6. The summed E-state index contributed by atoms with van der Waals surface area (Å²) in [5.41, 5.74) is 3.57. The van der Waals surface area contributed by atoms with Crippen LogP contribution in [0.5, 0.6) is 0 Å². The molecule has 0 aliphatic heterocycles. The van der Waals surface area contributed by atoms with Crippen molar-refractivity contribution in [1.82, 2.24) is 14.7 Å². The van der Waals surface area contributed by atoms with Crippen molar-refractivity contribution in [3.8, 4) is 0 Å². The van der Waals surface area contributed by atoms with Gasteiger partial charge in [0.1, 0.15) is 4.83 Å². The highest BCUT2D eigenvalue weighted by atomic mass is 35.5. The van der Waals surface area contributed by atoms with Crippen LogP contribution in [0.25, 0.3) is 10.2 Å². The third kappa shape index (κ3) is 4.84. The molecule has 0 bridgehead atoms. The molecule has 0 radical (unpaired) electrons. The Morgan fingerprint density at radius 2 is 1.72 bits per heavy atom. The standard InChI is InChI=1S/C24H23ClN4O2S/c1-15-20-13-21(32-24(20)29(27-15)14-17-4-8-18(25)9-5-17)23(31)26-19-10-6-16(7-11-19)12-22(30)28(2)3/h4-11,13H,12,14H2,1-3H3,(H,26,31). The first-order valence-electron chi connectivity index (χ1n) is 10.1. The summed E-state index contributed by atoms with van der Waals surface area (Å²) in [6.07, 6.45) is 0.334. The Balaban J connectivity index is 1.49. The molecular formula is C24H23ClN4O2S. The van der Waals surface area contributed by atoms with Crippen LogP contribution in [0.1, 0.15) is 26.5 Å². The van der Waals surface area contributed by atoms with Crippen molar-refractivity contribution >= 4 is 50.7 Å². The molecule has 0 fully saturated rings. The summed E-state index contributed by atoms with van der Waals surface area (Å²) in [7, 11) is 3.47. The number of nitrogens with zero attached hydrogens (tertiary/aromatic N) is 3. The van der Waals surface area contributed by atoms with Crippen LogP contribution in [0.4, 0.5) is 5.69 Å². The van der Waals surface area contributed by atoms with Gasteiger partial charge in [-0.3, -0.25) is 14.3 Å². The van der Waals surface area contributed by atoms with Gasteiger partial charge in [0.2, 0.25) is 5.91 Å². The molecule has 0 unspecified atom stereocenters. The second-order valence-corrected chi connectivity index (χ2v) is 9.28. The van der Waals surface area contributed by atoms with Crippen molar-refractivity contribution in [2.75, 3.05) is 19.4 Å². The number of likely N-dealkylation sites (N-methyl/N-ethyl adjacent to an activating group) is 1. The minimum atomic E-state index is -0.166. The fourth-order valence-electron chi connectivity index (χ4n) is 3.33. The average molecular weight is 467 g/mol. The van der Waals surface area contributed by atoms with Gasteiger partial charge in [0.25, 0.3) is 5.91 Å². The van der Waals surface area contributed by atoms with Crippen molar-refractivity contribution < 1.29 is 9.59 Å². The Labute approximate surface area is 195 Å². The van der Waals surface area contributed by atoms with Gasteiger partial charge in [-0.2, -0.15) is 5.10 Å². The number of thiophene rings is 1. The van der Waals surface area contributed by atoms with Crippen LogP contribution in [0.15, 0.2) is 54.6 Å². The number of benzene rings is 2. The van der Waals surface area contributed by atoms with Gasteiger partial charge >= 0.3 is 0 Å². The van der Waals surface area contributed by atoms with E-state index in [0.29, 0.717) is 28.6 Å². The van der Waals surface area contributed by atoms with Gasteiger partial charge in [-0.1, -0.05) is 35.9 Å². The summed E-state index contributed by atoms with van der Waals surface area (Å²) in [4.78, 5) is 27.8. The largest absolute Gasteiger partial charge is 0.349 e. The summed E-state index contributed by atoms with van der Waals surface area (Å²) in [5, 5.41) is 9.24. The maximum atomic E-state index is 12.8. The number of carbonyl (C=O) groups excluding carboxylic acids is 2. The Bertz CT molecular complexity index is 1270. The van der Waals surface area contributed by atoms with Crippen molar-refractivity contribution in [3.63, 3.8) is 0 Å². The van der Waals surface area contributed by atoms with Gasteiger partial charge in [0, 0.05) is 30.2 Å². The van der Waals surface area contributed by atoms with E-state index in [-0.39, 0.29) is 11.8 Å². The molecule has 0 saturated heterocycles. The first-order chi connectivity index (χ1) is 15.3. The van der Waals surface area contributed by atoms with Crippen LogP contribution < -0.4 is 5.32 Å². The van der Waals surface area contributed by atoms with E-state index in [9.17, 15) is 9.59 Å². The maximum absolute atomic E-state index is 12.8. The molecule has 0 aliphatic carbocycles. The molecule has 6 nitrogen and oxygen atoms in total. The number of anilines is 1. The topological polar surface area (TPSA) is 67.2 Å². The molecule has 2 heterocycles. The molecule has 0 saturated carbocycles. The number of hydrogen-bond acceptors (Lipinski definition) is 4. The molecule has 2 amide bonds. The predicted molar refractivity (Wildman–Crippen MR) is 130 cm³/mol. The summed E-state index contributed by atoms with van der Waals surface area (Å²) >= 11 is 7.40. The van der Waals surface area contributed by atoms with Crippen molar-refractivity contribution in [2.24, 2.45) is 0 Å². The van der Waals surface area contributed by atoms with E-state index < -0.39 is 0 Å². The second kappa shape index (κ2) is 9.14. The molecule has 8 heteroatoms. The minimum Gasteiger partial charge on any atom is -0.349 e. The molecule has 2 aromatic carbocycles. The quantitative estimate of drug-likeness (QED) is 0.435. The van der Waals surface area contributed by atoms with Crippen LogP contribution in [-0.4, -0.2) is 40.6 Å². The number of fused-ring (bicyclic) bond motifs is 1. The van der Waals surface area contributed by atoms with E-state index in [4.69, 9.17) is 11.6 Å². The number of rotatable bonds is 6. The van der Waals surface area contributed by atoms with Crippen LogP contribution >= 0.6 is 22.9 Å². The summed E-state index contributed by atoms with van der Waals surface area (Å²) in [5.74, 6) is -0.129. The number of aryl methyl sites for hydroxylation is 1. The highest BCUT2D eigenvalue weighted by molar-refractivity contribution is 7.20. The molecule has 0 spiro atoms. The number of hydrogen-bond donors (Lipinski definition) is 1. The number of aromatic nitrogens is 2. The number of halogens is 1. The highest BCUT2D eigenvalue weighted by Gasteiger charge is 2.17. The monoisotopic (exact) mass is 466 g/mol. The first-order valence-corrected chi connectivity index (χ1v) is 11.3. The molecule has 4 aromatic rings. The minimum absolute atomic E-state index is 0.0371. The lowest BCUT2D eigenvalue weighted by Gasteiger charge is -2.10. The third-order valence-electron chi connectivity index (χ3n) is 5.14. The van der Waals surface area contributed by atoms with E-state index in [1.54, 1.807) is 19.0 Å². The van der Waals surface area contributed by atoms with Crippen molar-refractivity contribution in [3.05, 3.63) is 81.3 Å². The zero-order valence-electron chi connectivity index (χ0n) is 18.1. The smallest absolute Gasteiger partial charge is 0.265 e. The molecule has 1 N–H and O–H groups in total. The van der Waals surface area contributed by atoms with Crippen molar-refractivity contribution in [1.29, 1.82) is 0 Å². The molecule has 0 atom stereocenters. The van der Waals surface area contributed by atoms with Crippen molar-refractivity contribution in [2.45, 2.75) is 19.9 Å². The molecule has 4 rings (SSSR count). The van der Waals surface area contributed by atoms with Gasteiger partial charge in [-0.25, -0.2) is 0 Å². The average Bonchev–Trinajstić information content (AvgIpc) is 3.32. The SMILES string of the molecule is Cc1nn(Cc2ccc(Cl)cc2)c2sc(C(=O)Nc3ccc(CC(=O)N(C)C)cc3)cc12. The Hall–Kier alpha value is -3.16. The third-order valence-corrected chi connectivity index (χ3v) is 6.54. The fraction of sp³-hybridized carbons (Fsp3) is 0.208. The van der Waals surface area contributed by atoms with Crippen LogP contribution in [0.2, 0.25) is 5.02 Å². The Kier molecular flexibility index (Phi) is 6.30. The van der Waals surface area contributed by atoms with Gasteiger partial charge in [0.15, 0.2) is 0 Å². The van der Waals surface area contributed by atoms with Gasteiger partial charge < -0.3 is 10.2 Å². The van der Waals surface area contributed by atoms with E-state index in [1.807, 2.05) is 66.2 Å². The maximum Gasteiger partial charge on any atom is 0.265 e. The number of carbonyl (C=O) groups is 2. The van der Waals surface area contributed by atoms with Gasteiger partial charge in [0.05, 0.1) is 23.5 Å². The predicted octanol–water partition coefficient (Wildman–Crippen LogP) is 4.99. The summed E-state index contributed by atoms with van der Waals surface area (Å²) in [6.45, 7) is 2.55. The fourth-order valence-corrected chi connectivity index (χ4v) is 4.51. The lowest BCUT2D eigenvalue weighted by molar-refractivity contribution is -0.127. The van der Waals surface area contributed by atoms with E-state index in [1.165, 1.54) is 11.3 Å². The van der Waals surface area contributed by atoms with Gasteiger partial charge in [-0.15, -0.1) is 11.3 Å². The van der Waals surface area contributed by atoms with Crippen LogP contribution in [0.3, 0.4) is 0 Å². The second-order valence-electron chi connectivity index (χ2n) is 7.81. The molecule has 0 aliphatic rings. The highest BCUT2D eigenvalue weighted by Crippen LogP contribution is 2.29. The Morgan fingerprint density at radius 3 is 2.38 bits per heavy atom. The first kappa shape index (κ1) is 22.0. The normalized spacial score (nSPS) is 11.0. The number of nitrogens with one attached hydrogen (secondary N) is 1. The lowest BCUT2D eigenvalue weighted by Crippen LogP contribution is -2.23. The number of amides is 2. The van der Waals surface area contributed by atoms with Gasteiger partial charge in [-0.05, 0) is 48.4 Å². The molecular weight excluding hydrogens is 444 g/mol. The molecule has 164 valence electrons. The zero-order chi connectivity index (χ0) is 22.8. The van der Waals surface area contributed by atoms with Crippen LogP contribution in [-0.2, 0) is 17.8 Å². The van der Waals surface area contributed by atoms with E-state index >= 15 is 0 Å². The Morgan fingerprint density at radius 1 is 1.06 bits per heavy atom.